The molecule has 0 radical (unpaired) electrons. The SMILES string of the molecule is O=c1ccn([C@@H]2O[C@H](CO)[C@@H](O)C2=CCl)c(=O)[nH]1. The van der Waals surface area contributed by atoms with Crippen LogP contribution in [0.5, 0.6) is 0 Å². The third-order valence-corrected chi connectivity index (χ3v) is 2.94. The molecule has 8 heteroatoms. The Kier molecular flexibility index (Phi) is 3.67. The van der Waals surface area contributed by atoms with Crippen LogP contribution in [-0.4, -0.2) is 38.6 Å². The van der Waals surface area contributed by atoms with Gasteiger partial charge in [-0.2, -0.15) is 0 Å². The van der Waals surface area contributed by atoms with Gasteiger partial charge in [-0.1, -0.05) is 11.6 Å². The summed E-state index contributed by atoms with van der Waals surface area (Å²) < 4.78 is 6.40. The van der Waals surface area contributed by atoms with Gasteiger partial charge in [-0.3, -0.25) is 14.3 Å². The third kappa shape index (κ3) is 2.13. The first kappa shape index (κ1) is 13.0. The smallest absolute Gasteiger partial charge is 0.330 e. The molecule has 0 unspecified atom stereocenters. The molecule has 1 aliphatic rings. The van der Waals surface area contributed by atoms with Crippen LogP contribution in [0.4, 0.5) is 0 Å². The van der Waals surface area contributed by atoms with Gasteiger partial charge in [0.25, 0.3) is 5.56 Å². The van der Waals surface area contributed by atoms with Crippen molar-refractivity contribution >= 4 is 11.6 Å². The van der Waals surface area contributed by atoms with E-state index in [9.17, 15) is 14.7 Å². The van der Waals surface area contributed by atoms with E-state index in [2.05, 4.69) is 4.98 Å². The number of aliphatic hydroxyl groups excluding tert-OH is 2. The second-order valence-corrected chi connectivity index (χ2v) is 4.00. The van der Waals surface area contributed by atoms with Crippen molar-refractivity contribution in [2.24, 2.45) is 0 Å². The molecule has 0 aliphatic carbocycles. The molecule has 0 amide bonds. The average molecular weight is 275 g/mol. The molecule has 3 N–H and O–H groups in total. The van der Waals surface area contributed by atoms with Crippen LogP contribution in [-0.2, 0) is 4.74 Å². The molecule has 3 atom stereocenters. The van der Waals surface area contributed by atoms with E-state index in [1.165, 1.54) is 6.20 Å². The molecule has 1 saturated heterocycles. The van der Waals surface area contributed by atoms with Crippen LogP contribution in [0.25, 0.3) is 0 Å². The molecule has 2 rings (SSSR count). The molecule has 1 aromatic heterocycles. The topological polar surface area (TPSA) is 105 Å². The average Bonchev–Trinajstić information content (AvgIpc) is 2.65. The molecule has 1 aliphatic heterocycles. The van der Waals surface area contributed by atoms with Crippen molar-refractivity contribution in [2.75, 3.05) is 6.61 Å². The van der Waals surface area contributed by atoms with Gasteiger partial charge in [0, 0.05) is 23.4 Å². The fourth-order valence-electron chi connectivity index (χ4n) is 1.78. The Hall–Kier alpha value is -1.41. The Balaban J connectivity index is 2.45. The molecule has 0 aromatic carbocycles. The molecule has 0 spiro atoms. The summed E-state index contributed by atoms with van der Waals surface area (Å²) in [6.45, 7) is -0.413. The summed E-state index contributed by atoms with van der Waals surface area (Å²) in [5.74, 6) is 0. The van der Waals surface area contributed by atoms with Crippen molar-refractivity contribution in [1.82, 2.24) is 9.55 Å². The Morgan fingerprint density at radius 3 is 2.83 bits per heavy atom. The van der Waals surface area contributed by atoms with Gasteiger partial charge < -0.3 is 14.9 Å². The number of aromatic amines is 1. The fourth-order valence-corrected chi connectivity index (χ4v) is 2.02. The lowest BCUT2D eigenvalue weighted by atomic mass is 10.1. The number of aliphatic hydroxyl groups is 2. The Bertz CT molecular complexity index is 578. The molecule has 1 fully saturated rings. The van der Waals surface area contributed by atoms with Crippen LogP contribution in [0.3, 0.4) is 0 Å². The molecule has 0 bridgehead atoms. The predicted molar refractivity (Wildman–Crippen MR) is 62.3 cm³/mol. The number of aromatic nitrogens is 2. The van der Waals surface area contributed by atoms with Crippen LogP contribution < -0.4 is 11.2 Å². The molecular formula is C10H11ClN2O5. The maximum absolute atomic E-state index is 11.6. The molecule has 7 nitrogen and oxygen atoms in total. The quantitative estimate of drug-likeness (QED) is 0.636. The molecule has 2 heterocycles. The second kappa shape index (κ2) is 5.07. The van der Waals surface area contributed by atoms with Crippen LogP contribution in [0.2, 0.25) is 0 Å². The third-order valence-electron chi connectivity index (χ3n) is 2.69. The summed E-state index contributed by atoms with van der Waals surface area (Å²) in [7, 11) is 0. The van der Waals surface area contributed by atoms with E-state index in [0.29, 0.717) is 0 Å². The number of hydrogen-bond acceptors (Lipinski definition) is 5. The highest BCUT2D eigenvalue weighted by Gasteiger charge is 2.39. The van der Waals surface area contributed by atoms with Crippen LogP contribution in [0, 0.1) is 0 Å². The molecular weight excluding hydrogens is 264 g/mol. The largest absolute Gasteiger partial charge is 0.394 e. The van der Waals surface area contributed by atoms with E-state index in [-0.39, 0.29) is 5.57 Å². The van der Waals surface area contributed by atoms with Crippen LogP contribution in [0.15, 0.2) is 33.0 Å². The number of ether oxygens (including phenoxy) is 1. The van der Waals surface area contributed by atoms with Gasteiger partial charge in [0.1, 0.15) is 12.2 Å². The number of rotatable bonds is 2. The minimum atomic E-state index is -1.10. The van der Waals surface area contributed by atoms with Gasteiger partial charge in [-0.25, -0.2) is 4.79 Å². The molecule has 98 valence electrons. The lowest BCUT2D eigenvalue weighted by Crippen LogP contribution is -2.32. The van der Waals surface area contributed by atoms with E-state index in [4.69, 9.17) is 21.4 Å². The number of H-pyrrole nitrogens is 1. The maximum Gasteiger partial charge on any atom is 0.330 e. The Morgan fingerprint density at radius 1 is 1.56 bits per heavy atom. The van der Waals surface area contributed by atoms with Crippen LogP contribution >= 0.6 is 11.6 Å². The van der Waals surface area contributed by atoms with Crippen molar-refractivity contribution < 1.29 is 14.9 Å². The van der Waals surface area contributed by atoms with Crippen LogP contribution in [0.1, 0.15) is 6.23 Å². The molecule has 1 aromatic rings. The van der Waals surface area contributed by atoms with E-state index < -0.39 is 36.3 Å². The lowest BCUT2D eigenvalue weighted by molar-refractivity contribution is -0.0447. The van der Waals surface area contributed by atoms with Crippen molar-refractivity contribution in [3.05, 3.63) is 44.2 Å². The van der Waals surface area contributed by atoms with Gasteiger partial charge in [0.2, 0.25) is 0 Å². The van der Waals surface area contributed by atoms with E-state index in [1.54, 1.807) is 0 Å². The molecule has 0 saturated carbocycles. The van der Waals surface area contributed by atoms with Gasteiger partial charge in [0.15, 0.2) is 6.23 Å². The van der Waals surface area contributed by atoms with E-state index >= 15 is 0 Å². The number of nitrogens with one attached hydrogen (secondary N) is 1. The summed E-state index contributed by atoms with van der Waals surface area (Å²) in [5, 5.41) is 18.8. The van der Waals surface area contributed by atoms with Crippen molar-refractivity contribution in [3.8, 4) is 0 Å². The first-order valence-corrected chi connectivity index (χ1v) is 5.58. The maximum atomic E-state index is 11.6. The van der Waals surface area contributed by atoms with Crippen molar-refractivity contribution in [3.63, 3.8) is 0 Å². The van der Waals surface area contributed by atoms with Gasteiger partial charge in [-0.15, -0.1) is 0 Å². The second-order valence-electron chi connectivity index (χ2n) is 3.78. The normalized spacial score (nSPS) is 29.9. The van der Waals surface area contributed by atoms with Gasteiger partial charge >= 0.3 is 5.69 Å². The lowest BCUT2D eigenvalue weighted by Gasteiger charge is -2.14. The van der Waals surface area contributed by atoms with Gasteiger partial charge in [0.05, 0.1) is 6.61 Å². The zero-order chi connectivity index (χ0) is 13.3. The molecule has 18 heavy (non-hydrogen) atoms. The number of halogens is 1. The van der Waals surface area contributed by atoms with Gasteiger partial charge in [-0.05, 0) is 0 Å². The van der Waals surface area contributed by atoms with Crippen molar-refractivity contribution in [2.45, 2.75) is 18.4 Å². The minimum absolute atomic E-state index is 0.241. The Labute approximate surface area is 106 Å². The fraction of sp³-hybridized carbons (Fsp3) is 0.400. The van der Waals surface area contributed by atoms with E-state index in [1.807, 2.05) is 0 Å². The first-order chi connectivity index (χ1) is 8.58. The standard InChI is InChI=1S/C10H11ClN2O5/c11-3-5-8(16)6(4-14)18-9(5)13-2-1-7(15)12-10(13)17/h1-3,6,8-9,14,16H,4H2,(H,12,15,17)/t6-,8+,9-/m1/s1. The number of hydrogen-bond donors (Lipinski definition) is 3. The van der Waals surface area contributed by atoms with Crippen molar-refractivity contribution in [1.29, 1.82) is 0 Å². The summed E-state index contributed by atoms with van der Waals surface area (Å²) >= 11 is 5.58. The highest BCUT2D eigenvalue weighted by Crippen LogP contribution is 2.33. The van der Waals surface area contributed by atoms with E-state index in [0.717, 1.165) is 16.2 Å². The summed E-state index contributed by atoms with van der Waals surface area (Å²) in [5.41, 5.74) is 0.117. The highest BCUT2D eigenvalue weighted by atomic mass is 35.5. The summed E-state index contributed by atoms with van der Waals surface area (Å²) in [6.07, 6.45) is -1.67. The summed E-state index contributed by atoms with van der Waals surface area (Å²) in [4.78, 5) is 24.6. The first-order valence-electron chi connectivity index (χ1n) is 5.14. The monoisotopic (exact) mass is 274 g/mol. The highest BCUT2D eigenvalue weighted by molar-refractivity contribution is 6.25. The zero-order valence-corrected chi connectivity index (χ0v) is 9.87. The summed E-state index contributed by atoms with van der Waals surface area (Å²) in [6, 6.07) is 1.15. The Morgan fingerprint density at radius 2 is 2.28 bits per heavy atom. The minimum Gasteiger partial charge on any atom is -0.394 e. The predicted octanol–water partition coefficient (Wildman–Crippen LogP) is -1.09. The number of nitrogens with zero attached hydrogens (tertiary/aromatic N) is 1. The zero-order valence-electron chi connectivity index (χ0n) is 9.12.